The van der Waals surface area contributed by atoms with Crippen LogP contribution in [0.2, 0.25) is 0 Å². The van der Waals surface area contributed by atoms with Crippen LogP contribution in [0.25, 0.3) is 6.08 Å². The van der Waals surface area contributed by atoms with Gasteiger partial charge in [-0.3, -0.25) is 19.3 Å². The Morgan fingerprint density at radius 2 is 1.87 bits per heavy atom. The Morgan fingerprint density at radius 1 is 1.17 bits per heavy atom. The van der Waals surface area contributed by atoms with Crippen LogP contribution in [-0.2, 0) is 16.0 Å². The molecule has 1 saturated heterocycles. The molecule has 30 heavy (non-hydrogen) atoms. The molecule has 0 atom stereocenters. The minimum Gasteiger partial charge on any atom is -0.377 e. The first-order valence-corrected chi connectivity index (χ1v) is 11.0. The number of carbonyl (C=O) groups is 3. The number of anilines is 2. The number of carbonyl (C=O) groups excluding carboxylic acids is 3. The smallest absolute Gasteiger partial charge is 0.294 e. The summed E-state index contributed by atoms with van der Waals surface area (Å²) in [5, 5.41) is 2.27. The monoisotopic (exact) mass is 487 g/mol. The maximum absolute atomic E-state index is 12.7. The molecule has 3 rings (SSSR count). The summed E-state index contributed by atoms with van der Waals surface area (Å²) >= 11 is 4.36. The van der Waals surface area contributed by atoms with Crippen molar-refractivity contribution in [2.45, 2.75) is 13.3 Å². The van der Waals surface area contributed by atoms with Crippen LogP contribution in [0.3, 0.4) is 0 Å². The minimum absolute atomic E-state index is 0.296. The molecular formula is C22H22BrN3O3S. The lowest BCUT2D eigenvalue weighted by atomic mass is 10.1. The van der Waals surface area contributed by atoms with Crippen molar-refractivity contribution in [1.82, 2.24) is 4.90 Å². The first-order chi connectivity index (χ1) is 14.3. The lowest BCUT2D eigenvalue weighted by Crippen LogP contribution is -2.36. The van der Waals surface area contributed by atoms with Gasteiger partial charge in [0, 0.05) is 24.3 Å². The fourth-order valence-corrected chi connectivity index (χ4v) is 4.52. The summed E-state index contributed by atoms with van der Waals surface area (Å²) in [6.45, 7) is 1.73. The predicted molar refractivity (Wildman–Crippen MR) is 126 cm³/mol. The van der Waals surface area contributed by atoms with E-state index in [0.717, 1.165) is 44.4 Å². The Hall–Kier alpha value is -2.58. The summed E-state index contributed by atoms with van der Waals surface area (Å²) in [6, 6.07) is 13.2. The third-order valence-electron chi connectivity index (χ3n) is 4.57. The molecule has 156 valence electrons. The van der Waals surface area contributed by atoms with Crippen molar-refractivity contribution >= 4 is 62.2 Å². The average Bonchev–Trinajstić information content (AvgIpc) is 2.95. The molecule has 2 aromatic carbocycles. The van der Waals surface area contributed by atoms with Crippen molar-refractivity contribution in [3.8, 4) is 0 Å². The van der Waals surface area contributed by atoms with Gasteiger partial charge in [-0.25, -0.2) is 0 Å². The number of halogens is 1. The van der Waals surface area contributed by atoms with E-state index in [1.807, 2.05) is 49.3 Å². The molecule has 0 saturated carbocycles. The van der Waals surface area contributed by atoms with Crippen molar-refractivity contribution in [3.63, 3.8) is 0 Å². The van der Waals surface area contributed by atoms with Crippen LogP contribution in [0, 0.1) is 0 Å². The highest BCUT2D eigenvalue weighted by atomic mass is 79.9. The van der Waals surface area contributed by atoms with Gasteiger partial charge >= 0.3 is 0 Å². The van der Waals surface area contributed by atoms with Crippen molar-refractivity contribution in [3.05, 3.63) is 63.0 Å². The van der Waals surface area contributed by atoms with Crippen LogP contribution in [0.5, 0.6) is 0 Å². The summed E-state index contributed by atoms with van der Waals surface area (Å²) in [6.07, 6.45) is 2.57. The number of rotatable bonds is 6. The van der Waals surface area contributed by atoms with Crippen LogP contribution in [0.4, 0.5) is 16.2 Å². The van der Waals surface area contributed by atoms with Crippen molar-refractivity contribution in [2.24, 2.45) is 0 Å². The molecule has 0 spiro atoms. The predicted octanol–water partition coefficient (Wildman–Crippen LogP) is 4.75. The molecule has 0 unspecified atom stereocenters. The maximum atomic E-state index is 12.7. The zero-order chi connectivity index (χ0) is 21.8. The topological polar surface area (TPSA) is 69.7 Å². The first kappa shape index (κ1) is 22.1. The summed E-state index contributed by atoms with van der Waals surface area (Å²) in [7, 11) is 3.88. The lowest BCUT2D eigenvalue weighted by Gasteiger charge is -2.14. The minimum atomic E-state index is -0.464. The van der Waals surface area contributed by atoms with Gasteiger partial charge in [-0.2, -0.15) is 0 Å². The molecule has 1 fully saturated rings. The molecule has 1 aliphatic heterocycles. The fourth-order valence-electron chi connectivity index (χ4n) is 2.93. The summed E-state index contributed by atoms with van der Waals surface area (Å²) < 4.78 is 0.883. The molecule has 1 N–H and O–H groups in total. The van der Waals surface area contributed by atoms with E-state index in [0.29, 0.717) is 10.6 Å². The van der Waals surface area contributed by atoms with Crippen LogP contribution in [0.15, 0.2) is 51.8 Å². The molecule has 0 aliphatic carbocycles. The highest BCUT2D eigenvalue weighted by molar-refractivity contribution is 9.10. The van der Waals surface area contributed by atoms with E-state index in [1.54, 1.807) is 18.2 Å². The first-order valence-electron chi connectivity index (χ1n) is 9.39. The molecule has 0 aromatic heterocycles. The van der Waals surface area contributed by atoms with Crippen molar-refractivity contribution < 1.29 is 14.4 Å². The molecule has 1 aliphatic rings. The fraction of sp³-hybridized carbons (Fsp3) is 0.227. The van der Waals surface area contributed by atoms with E-state index in [-0.39, 0.29) is 6.54 Å². The third kappa shape index (κ3) is 5.12. The Labute approximate surface area is 188 Å². The number of nitrogens with one attached hydrogen (secondary N) is 1. The molecule has 3 amide bonds. The number of imide groups is 1. The third-order valence-corrected chi connectivity index (χ3v) is 6.12. The van der Waals surface area contributed by atoms with Gasteiger partial charge in [0.15, 0.2) is 0 Å². The quantitative estimate of drug-likeness (QED) is 0.595. The Balaban J connectivity index is 1.68. The van der Waals surface area contributed by atoms with E-state index < -0.39 is 17.1 Å². The largest absolute Gasteiger partial charge is 0.377 e. The molecule has 8 heteroatoms. The van der Waals surface area contributed by atoms with Gasteiger partial charge in [-0.1, -0.05) is 25.1 Å². The Bertz CT molecular complexity index is 1020. The maximum Gasteiger partial charge on any atom is 0.294 e. The van der Waals surface area contributed by atoms with Gasteiger partial charge < -0.3 is 10.2 Å². The number of thioether (sulfide) groups is 1. The van der Waals surface area contributed by atoms with Gasteiger partial charge in [0.25, 0.3) is 11.1 Å². The zero-order valence-electron chi connectivity index (χ0n) is 16.9. The number of benzene rings is 2. The molecule has 6 nitrogen and oxygen atoms in total. The van der Waals surface area contributed by atoms with Crippen LogP contribution >= 0.6 is 27.7 Å². The van der Waals surface area contributed by atoms with Gasteiger partial charge in [-0.05, 0) is 75.6 Å². The number of aryl methyl sites for hydroxylation is 1. The van der Waals surface area contributed by atoms with Gasteiger partial charge in [0.05, 0.1) is 10.6 Å². The van der Waals surface area contributed by atoms with E-state index in [1.165, 1.54) is 0 Å². The summed E-state index contributed by atoms with van der Waals surface area (Å²) in [5.74, 6) is -0.879. The van der Waals surface area contributed by atoms with Crippen LogP contribution < -0.4 is 10.2 Å². The Morgan fingerprint density at radius 3 is 2.47 bits per heavy atom. The summed E-state index contributed by atoms with van der Waals surface area (Å²) in [4.78, 5) is 40.5. The van der Waals surface area contributed by atoms with Crippen LogP contribution in [0.1, 0.15) is 18.1 Å². The number of hydrogen-bond acceptors (Lipinski definition) is 5. The molecule has 0 radical (unpaired) electrons. The van der Waals surface area contributed by atoms with Gasteiger partial charge in [0.1, 0.15) is 6.54 Å². The zero-order valence-corrected chi connectivity index (χ0v) is 19.3. The van der Waals surface area contributed by atoms with Gasteiger partial charge in [0.2, 0.25) is 5.91 Å². The molecular weight excluding hydrogens is 466 g/mol. The number of nitrogens with zero attached hydrogens (tertiary/aromatic N) is 2. The van der Waals surface area contributed by atoms with E-state index in [4.69, 9.17) is 0 Å². The highest BCUT2D eigenvalue weighted by Crippen LogP contribution is 2.33. The van der Waals surface area contributed by atoms with Crippen molar-refractivity contribution in [1.29, 1.82) is 0 Å². The molecule has 2 aromatic rings. The normalized spacial score (nSPS) is 15.1. The second-order valence-corrected chi connectivity index (χ2v) is 8.82. The van der Waals surface area contributed by atoms with E-state index in [9.17, 15) is 14.4 Å². The second-order valence-electron chi connectivity index (χ2n) is 6.97. The average molecular weight is 488 g/mol. The van der Waals surface area contributed by atoms with Crippen LogP contribution in [-0.4, -0.2) is 42.6 Å². The van der Waals surface area contributed by atoms with Crippen molar-refractivity contribution in [2.75, 3.05) is 30.9 Å². The van der Waals surface area contributed by atoms with Gasteiger partial charge in [-0.15, -0.1) is 0 Å². The standard InChI is InChI=1S/C22H22BrN3O3S/c1-4-14-5-8-16(9-6-14)24-20(27)13-26-21(28)19(30-22(26)29)12-15-7-10-18(25(2)3)17(23)11-15/h5-12H,4,13H2,1-3H3,(H,24,27)/b19-12-. The van der Waals surface area contributed by atoms with E-state index >= 15 is 0 Å². The number of hydrogen-bond donors (Lipinski definition) is 1. The second kappa shape index (κ2) is 9.49. The molecule has 1 heterocycles. The number of amides is 3. The summed E-state index contributed by atoms with van der Waals surface area (Å²) in [5.41, 5.74) is 3.59. The van der Waals surface area contributed by atoms with E-state index in [2.05, 4.69) is 28.2 Å². The Kier molecular flexibility index (Phi) is 6.99. The molecule has 0 bridgehead atoms. The highest BCUT2D eigenvalue weighted by Gasteiger charge is 2.36. The SMILES string of the molecule is CCc1ccc(NC(=O)CN2C(=O)S/C(=C\c3ccc(N(C)C)c(Br)c3)C2=O)cc1. The lowest BCUT2D eigenvalue weighted by molar-refractivity contribution is -0.127.